The summed E-state index contributed by atoms with van der Waals surface area (Å²) in [5.74, 6) is 0.309. The van der Waals surface area contributed by atoms with Crippen LogP contribution in [0.2, 0.25) is 5.02 Å². The minimum absolute atomic E-state index is 0.00917. The molecule has 1 saturated carbocycles. The third kappa shape index (κ3) is 4.75. The molecule has 3 aliphatic rings. The third-order valence-electron chi connectivity index (χ3n) is 8.33. The van der Waals surface area contributed by atoms with E-state index in [1.165, 1.54) is 0 Å². The summed E-state index contributed by atoms with van der Waals surface area (Å²) in [7, 11) is 1.76. The minimum Gasteiger partial charge on any atom is -0.377 e. The zero-order valence-electron chi connectivity index (χ0n) is 21.9. The molecule has 2 saturated heterocycles. The fourth-order valence-electron chi connectivity index (χ4n) is 5.83. The van der Waals surface area contributed by atoms with Crippen LogP contribution in [0, 0.1) is 6.92 Å². The summed E-state index contributed by atoms with van der Waals surface area (Å²) < 4.78 is 18.8. The number of likely N-dealkylation sites (tertiary alicyclic amines) is 1. The fourth-order valence-corrected chi connectivity index (χ4v) is 6.15. The molecule has 10 nitrogen and oxygen atoms in total. The number of nitrogens with zero attached hydrogens (tertiary/aromatic N) is 5. The Hall–Kier alpha value is -2.79. The van der Waals surface area contributed by atoms with Crippen molar-refractivity contribution in [3.63, 3.8) is 0 Å². The van der Waals surface area contributed by atoms with Crippen LogP contribution >= 0.6 is 11.6 Å². The van der Waals surface area contributed by atoms with Crippen LogP contribution in [0.3, 0.4) is 0 Å². The van der Waals surface area contributed by atoms with Crippen LogP contribution in [0.5, 0.6) is 6.01 Å². The van der Waals surface area contributed by atoms with Crippen molar-refractivity contribution in [1.82, 2.24) is 24.6 Å². The first kappa shape index (κ1) is 25.5. The van der Waals surface area contributed by atoms with E-state index in [0.717, 1.165) is 55.4 Å². The molecular weight excluding hydrogens is 508 g/mol. The lowest BCUT2D eigenvalue weighted by Gasteiger charge is -2.44. The number of aromatic nitrogens is 4. The normalized spacial score (nSPS) is 24.7. The van der Waals surface area contributed by atoms with Gasteiger partial charge in [0.15, 0.2) is 0 Å². The Kier molecular flexibility index (Phi) is 6.75. The summed E-state index contributed by atoms with van der Waals surface area (Å²) in [5, 5.41) is 8.62. The maximum absolute atomic E-state index is 12.5. The molecule has 0 radical (unpaired) electrons. The Balaban J connectivity index is 1.14. The predicted octanol–water partition coefficient (Wildman–Crippen LogP) is 4.72. The first-order valence-corrected chi connectivity index (χ1v) is 13.6. The number of piperidine rings is 1. The number of ether oxygens (including phenoxy) is 3. The van der Waals surface area contributed by atoms with Gasteiger partial charge in [0.05, 0.1) is 47.9 Å². The van der Waals surface area contributed by atoms with Crippen LogP contribution in [0.1, 0.15) is 55.8 Å². The van der Waals surface area contributed by atoms with Gasteiger partial charge in [-0.25, -0.2) is 9.78 Å². The van der Waals surface area contributed by atoms with Crippen molar-refractivity contribution in [2.45, 2.75) is 63.1 Å². The molecule has 2 aliphatic heterocycles. The van der Waals surface area contributed by atoms with E-state index in [1.54, 1.807) is 19.5 Å². The number of fused-ring (bicyclic) bond motifs is 1. The summed E-state index contributed by atoms with van der Waals surface area (Å²) in [5.41, 5.74) is 3.17. The van der Waals surface area contributed by atoms with Crippen molar-refractivity contribution in [3.05, 3.63) is 40.8 Å². The zero-order chi connectivity index (χ0) is 26.4. The van der Waals surface area contributed by atoms with E-state index in [2.05, 4.69) is 32.2 Å². The third-order valence-corrected chi connectivity index (χ3v) is 8.66. The van der Waals surface area contributed by atoms with Crippen LogP contribution < -0.4 is 10.1 Å². The summed E-state index contributed by atoms with van der Waals surface area (Å²) in [6, 6.07) is 4.32. The lowest BCUT2D eigenvalue weighted by atomic mass is 9.85. The predicted molar refractivity (Wildman–Crippen MR) is 143 cm³/mol. The molecular formula is C27H33ClN6O4. The molecule has 2 atom stereocenters. The van der Waals surface area contributed by atoms with Gasteiger partial charge in [0, 0.05) is 23.7 Å². The molecule has 2 unspecified atom stereocenters. The number of anilines is 1. The summed E-state index contributed by atoms with van der Waals surface area (Å²) in [6.07, 6.45) is 6.88. The monoisotopic (exact) mass is 540 g/mol. The van der Waals surface area contributed by atoms with Gasteiger partial charge >= 0.3 is 12.1 Å². The van der Waals surface area contributed by atoms with Gasteiger partial charge in [-0.1, -0.05) is 11.6 Å². The molecule has 0 spiro atoms. The lowest BCUT2D eigenvalue weighted by molar-refractivity contribution is -0.0242. The van der Waals surface area contributed by atoms with Crippen molar-refractivity contribution in [3.8, 4) is 6.01 Å². The maximum atomic E-state index is 12.5. The number of halogens is 1. The molecule has 3 fully saturated rings. The highest BCUT2D eigenvalue weighted by molar-refractivity contribution is 6.32. The molecule has 4 heterocycles. The van der Waals surface area contributed by atoms with Crippen LogP contribution in [0.4, 0.5) is 10.5 Å². The Bertz CT molecular complexity index is 1350. The van der Waals surface area contributed by atoms with E-state index in [1.807, 2.05) is 23.7 Å². The van der Waals surface area contributed by atoms with Gasteiger partial charge in [-0.05, 0) is 76.2 Å². The van der Waals surface area contributed by atoms with E-state index in [0.29, 0.717) is 41.4 Å². The van der Waals surface area contributed by atoms with E-state index in [-0.39, 0.29) is 17.7 Å². The van der Waals surface area contributed by atoms with Crippen molar-refractivity contribution < 1.29 is 19.0 Å². The van der Waals surface area contributed by atoms with E-state index in [9.17, 15) is 4.79 Å². The molecule has 38 heavy (non-hydrogen) atoms. The SMILES string of the molecule is COC1COCC1(C)N1CCC(c2cc3nc(OC(=O)Nc4cnn(C5CC5)c4C)ncc3cc2Cl)CC1. The van der Waals surface area contributed by atoms with Crippen molar-refractivity contribution in [1.29, 1.82) is 0 Å². The van der Waals surface area contributed by atoms with Gasteiger partial charge in [0.25, 0.3) is 0 Å². The highest BCUT2D eigenvalue weighted by atomic mass is 35.5. The molecule has 0 bridgehead atoms. The van der Waals surface area contributed by atoms with Crippen LogP contribution in [0.15, 0.2) is 24.5 Å². The van der Waals surface area contributed by atoms with Gasteiger partial charge in [-0.15, -0.1) is 0 Å². The number of carbonyl (C=O) groups excluding carboxylic acids is 1. The average molecular weight is 541 g/mol. The fraction of sp³-hybridized carbons (Fsp3) is 0.556. The number of benzene rings is 1. The highest BCUT2D eigenvalue weighted by Gasteiger charge is 2.46. The topological polar surface area (TPSA) is 104 Å². The number of nitrogens with one attached hydrogen (secondary N) is 1. The first-order valence-electron chi connectivity index (χ1n) is 13.2. The number of rotatable bonds is 6. The van der Waals surface area contributed by atoms with Crippen molar-refractivity contribution in [2.75, 3.05) is 38.7 Å². The Morgan fingerprint density at radius 2 is 2.00 bits per heavy atom. The minimum atomic E-state index is -0.650. The Labute approximate surface area is 226 Å². The lowest BCUT2D eigenvalue weighted by Crippen LogP contribution is -2.57. The van der Waals surface area contributed by atoms with E-state index in [4.69, 9.17) is 25.8 Å². The number of methoxy groups -OCH3 is 1. The Morgan fingerprint density at radius 1 is 1.21 bits per heavy atom. The van der Waals surface area contributed by atoms with Gasteiger partial charge < -0.3 is 14.2 Å². The van der Waals surface area contributed by atoms with Gasteiger partial charge in [-0.2, -0.15) is 10.1 Å². The number of carbonyl (C=O) groups is 1. The van der Waals surface area contributed by atoms with Crippen LogP contribution in [-0.4, -0.2) is 75.8 Å². The largest absolute Gasteiger partial charge is 0.419 e. The molecule has 1 amide bonds. The molecule has 202 valence electrons. The molecule has 3 aromatic rings. The van der Waals surface area contributed by atoms with Crippen LogP contribution in [-0.2, 0) is 9.47 Å². The highest BCUT2D eigenvalue weighted by Crippen LogP contribution is 2.39. The summed E-state index contributed by atoms with van der Waals surface area (Å²) in [6.45, 7) is 7.35. The molecule has 2 aromatic heterocycles. The number of hydrogen-bond donors (Lipinski definition) is 1. The first-order chi connectivity index (χ1) is 18.4. The van der Waals surface area contributed by atoms with Gasteiger partial charge in [0.1, 0.15) is 6.10 Å². The summed E-state index contributed by atoms with van der Waals surface area (Å²) in [4.78, 5) is 23.8. The van der Waals surface area contributed by atoms with E-state index < -0.39 is 6.09 Å². The number of hydrogen-bond acceptors (Lipinski definition) is 8. The molecule has 1 aromatic carbocycles. The quantitative estimate of drug-likeness (QED) is 0.479. The van der Waals surface area contributed by atoms with Gasteiger partial charge in [-0.3, -0.25) is 14.9 Å². The van der Waals surface area contributed by atoms with Crippen molar-refractivity contribution >= 4 is 34.3 Å². The molecule has 1 N–H and O–H groups in total. The van der Waals surface area contributed by atoms with Gasteiger partial charge in [0.2, 0.25) is 0 Å². The smallest absolute Gasteiger partial charge is 0.377 e. The molecule has 6 rings (SSSR count). The standard InChI is InChI=1S/C27H33ClN6O4/c1-16-23(13-30-34(16)19-4-5-19)32-26(35)38-25-29-12-18-10-21(28)20(11-22(18)31-25)17-6-8-33(9-7-17)27(2)15-37-14-24(27)36-3/h10-13,17,19,24H,4-9,14-15H2,1-3H3,(H,32,35). The second kappa shape index (κ2) is 10.1. The van der Waals surface area contributed by atoms with Crippen LogP contribution in [0.25, 0.3) is 10.9 Å². The zero-order valence-corrected chi connectivity index (χ0v) is 22.7. The maximum Gasteiger partial charge on any atom is 0.419 e. The second-order valence-corrected chi connectivity index (χ2v) is 11.2. The Morgan fingerprint density at radius 3 is 2.74 bits per heavy atom. The molecule has 11 heteroatoms. The van der Waals surface area contributed by atoms with E-state index >= 15 is 0 Å². The average Bonchev–Trinajstić information content (AvgIpc) is 3.59. The number of amides is 1. The second-order valence-electron chi connectivity index (χ2n) is 10.8. The molecule has 1 aliphatic carbocycles. The van der Waals surface area contributed by atoms with Crippen molar-refractivity contribution in [2.24, 2.45) is 0 Å². The summed E-state index contributed by atoms with van der Waals surface area (Å²) >= 11 is 6.72.